The summed E-state index contributed by atoms with van der Waals surface area (Å²) < 4.78 is 0. The maximum absolute atomic E-state index is 10.2. The van der Waals surface area contributed by atoms with Crippen LogP contribution in [-0.2, 0) is 10.8 Å². The van der Waals surface area contributed by atoms with E-state index in [1.807, 2.05) is 38.1 Å². The first kappa shape index (κ1) is 23.8. The Balaban J connectivity index is 1.53. The lowest BCUT2D eigenvalue weighted by Crippen LogP contribution is -2.43. The average molecular weight is 471 g/mol. The highest BCUT2D eigenvalue weighted by molar-refractivity contribution is 5.48. The molecule has 0 heterocycles. The zero-order valence-corrected chi connectivity index (χ0v) is 21.1. The van der Waals surface area contributed by atoms with Crippen molar-refractivity contribution in [2.75, 3.05) is 0 Å². The molecule has 2 saturated carbocycles. The summed E-state index contributed by atoms with van der Waals surface area (Å²) in [5.74, 6) is 1.63. The molecule has 0 radical (unpaired) electrons. The standard InChI is InChI=1S/C32H38O3/c1-22-20-26(8-12-29(22)34)32(27-9-13-30(35)23(2)21-27)18-14-25(15-19-32)31(16-4-3-5-17-31)24-6-10-28(33)11-7-24/h6-13,20-21,25,33-35H,3-5,14-19H2,1-2H3. The second kappa shape index (κ2) is 9.26. The van der Waals surface area contributed by atoms with Gasteiger partial charge in [0.05, 0.1) is 0 Å². The van der Waals surface area contributed by atoms with E-state index in [2.05, 4.69) is 36.4 Å². The van der Waals surface area contributed by atoms with Gasteiger partial charge in [0.25, 0.3) is 0 Å². The average Bonchev–Trinajstić information content (AvgIpc) is 2.88. The number of hydrogen-bond donors (Lipinski definition) is 3. The molecule has 0 aliphatic heterocycles. The Kier molecular flexibility index (Phi) is 6.29. The predicted octanol–water partition coefficient (Wildman–Crippen LogP) is 7.80. The molecule has 3 aromatic carbocycles. The highest BCUT2D eigenvalue weighted by Gasteiger charge is 2.47. The summed E-state index contributed by atoms with van der Waals surface area (Å²) in [6.45, 7) is 3.95. The van der Waals surface area contributed by atoms with Crippen molar-refractivity contribution < 1.29 is 15.3 Å². The number of aromatic hydroxyl groups is 3. The predicted molar refractivity (Wildman–Crippen MR) is 141 cm³/mol. The highest BCUT2D eigenvalue weighted by atomic mass is 16.3. The van der Waals surface area contributed by atoms with Crippen molar-refractivity contribution in [2.45, 2.75) is 82.5 Å². The van der Waals surface area contributed by atoms with Crippen LogP contribution in [0.3, 0.4) is 0 Å². The minimum Gasteiger partial charge on any atom is -0.508 e. The fourth-order valence-electron chi connectivity index (χ4n) is 7.22. The molecule has 184 valence electrons. The Labute approximate surface area is 209 Å². The van der Waals surface area contributed by atoms with E-state index in [0.29, 0.717) is 23.2 Å². The number of phenolic OH excluding ortho intramolecular Hbond substituents is 3. The number of rotatable bonds is 4. The first-order chi connectivity index (χ1) is 16.8. The Morgan fingerprint density at radius 3 is 1.57 bits per heavy atom. The molecular weight excluding hydrogens is 432 g/mol. The van der Waals surface area contributed by atoms with E-state index in [1.165, 1.54) is 48.8 Å². The number of phenols is 3. The molecule has 5 rings (SSSR count). The molecule has 0 spiro atoms. The molecule has 0 unspecified atom stereocenters. The van der Waals surface area contributed by atoms with Crippen molar-refractivity contribution in [2.24, 2.45) is 5.92 Å². The molecule has 2 aliphatic rings. The fraction of sp³-hybridized carbons (Fsp3) is 0.438. The van der Waals surface area contributed by atoms with Gasteiger partial charge in [0.1, 0.15) is 17.2 Å². The summed E-state index contributed by atoms with van der Waals surface area (Å²) >= 11 is 0. The zero-order valence-electron chi connectivity index (χ0n) is 21.1. The van der Waals surface area contributed by atoms with Crippen LogP contribution in [0.5, 0.6) is 17.2 Å². The normalized spacial score (nSPS) is 19.9. The van der Waals surface area contributed by atoms with Crippen LogP contribution in [0.15, 0.2) is 60.7 Å². The van der Waals surface area contributed by atoms with Gasteiger partial charge >= 0.3 is 0 Å². The van der Waals surface area contributed by atoms with Gasteiger partial charge in [-0.25, -0.2) is 0 Å². The Bertz CT molecular complexity index is 1130. The Morgan fingerprint density at radius 1 is 0.600 bits per heavy atom. The highest BCUT2D eigenvalue weighted by Crippen LogP contribution is 2.55. The topological polar surface area (TPSA) is 60.7 Å². The van der Waals surface area contributed by atoms with Crippen LogP contribution < -0.4 is 0 Å². The van der Waals surface area contributed by atoms with Gasteiger partial charge < -0.3 is 15.3 Å². The molecule has 3 nitrogen and oxygen atoms in total. The molecule has 0 bridgehead atoms. The number of benzene rings is 3. The molecule has 3 N–H and O–H groups in total. The lowest BCUT2D eigenvalue weighted by Gasteiger charge is -2.50. The van der Waals surface area contributed by atoms with Gasteiger partial charge in [-0.2, -0.15) is 0 Å². The van der Waals surface area contributed by atoms with E-state index in [4.69, 9.17) is 0 Å². The zero-order chi connectivity index (χ0) is 24.6. The maximum atomic E-state index is 10.2. The summed E-state index contributed by atoms with van der Waals surface area (Å²) in [7, 11) is 0. The first-order valence-electron chi connectivity index (χ1n) is 13.2. The Hall–Kier alpha value is -2.94. The van der Waals surface area contributed by atoms with Gasteiger partial charge in [0.2, 0.25) is 0 Å². The minimum absolute atomic E-state index is 0.127. The smallest absolute Gasteiger partial charge is 0.118 e. The number of hydrogen-bond acceptors (Lipinski definition) is 3. The van der Waals surface area contributed by atoms with E-state index in [9.17, 15) is 15.3 Å². The van der Waals surface area contributed by atoms with E-state index >= 15 is 0 Å². The molecule has 2 aliphatic carbocycles. The van der Waals surface area contributed by atoms with E-state index in [1.54, 1.807) is 0 Å². The molecule has 35 heavy (non-hydrogen) atoms. The molecule has 2 fully saturated rings. The van der Waals surface area contributed by atoms with Gasteiger partial charge in [0.15, 0.2) is 0 Å². The lowest BCUT2D eigenvalue weighted by atomic mass is 9.54. The van der Waals surface area contributed by atoms with Gasteiger partial charge in [-0.15, -0.1) is 0 Å². The van der Waals surface area contributed by atoms with Crippen LogP contribution in [0.1, 0.15) is 85.6 Å². The maximum Gasteiger partial charge on any atom is 0.118 e. The van der Waals surface area contributed by atoms with Crippen molar-refractivity contribution in [1.29, 1.82) is 0 Å². The molecule has 0 aromatic heterocycles. The summed E-state index contributed by atoms with van der Waals surface area (Å²) in [4.78, 5) is 0. The van der Waals surface area contributed by atoms with Crippen molar-refractivity contribution in [1.82, 2.24) is 0 Å². The summed E-state index contributed by atoms with van der Waals surface area (Å²) in [5.41, 5.74) is 5.80. The van der Waals surface area contributed by atoms with E-state index in [-0.39, 0.29) is 10.8 Å². The van der Waals surface area contributed by atoms with Gasteiger partial charge in [-0.3, -0.25) is 0 Å². The van der Waals surface area contributed by atoms with Gasteiger partial charge in [-0.1, -0.05) is 55.7 Å². The summed E-state index contributed by atoms with van der Waals surface area (Å²) in [5, 5.41) is 30.4. The minimum atomic E-state index is -0.127. The summed E-state index contributed by atoms with van der Waals surface area (Å²) in [6, 6.07) is 20.2. The van der Waals surface area contributed by atoms with Crippen LogP contribution in [-0.4, -0.2) is 15.3 Å². The monoisotopic (exact) mass is 470 g/mol. The van der Waals surface area contributed by atoms with Gasteiger partial charge in [-0.05, 0) is 116 Å². The van der Waals surface area contributed by atoms with Crippen molar-refractivity contribution in [3.05, 3.63) is 88.5 Å². The SMILES string of the molecule is Cc1cc(C2(c3ccc(O)c(C)c3)CCC(C3(c4ccc(O)cc4)CCCCC3)CC2)ccc1O. The van der Waals surface area contributed by atoms with Crippen LogP contribution >= 0.6 is 0 Å². The van der Waals surface area contributed by atoms with E-state index in [0.717, 1.165) is 36.8 Å². The van der Waals surface area contributed by atoms with Gasteiger partial charge in [0, 0.05) is 5.41 Å². The van der Waals surface area contributed by atoms with Crippen LogP contribution in [0.4, 0.5) is 0 Å². The third-order valence-corrected chi connectivity index (χ3v) is 9.31. The summed E-state index contributed by atoms with van der Waals surface area (Å²) in [6.07, 6.45) is 10.7. The van der Waals surface area contributed by atoms with Crippen LogP contribution in [0.2, 0.25) is 0 Å². The van der Waals surface area contributed by atoms with Crippen LogP contribution in [0, 0.1) is 19.8 Å². The quantitative estimate of drug-likeness (QED) is 0.364. The largest absolute Gasteiger partial charge is 0.508 e. The Morgan fingerprint density at radius 2 is 1.09 bits per heavy atom. The second-order valence-electron chi connectivity index (χ2n) is 11.1. The molecule has 0 amide bonds. The van der Waals surface area contributed by atoms with Crippen molar-refractivity contribution in [3.8, 4) is 17.2 Å². The molecular formula is C32H38O3. The second-order valence-corrected chi connectivity index (χ2v) is 11.1. The first-order valence-corrected chi connectivity index (χ1v) is 13.2. The molecule has 3 heteroatoms. The molecule has 3 aromatic rings. The molecule has 0 saturated heterocycles. The fourth-order valence-corrected chi connectivity index (χ4v) is 7.22. The third-order valence-electron chi connectivity index (χ3n) is 9.31. The van der Waals surface area contributed by atoms with Crippen molar-refractivity contribution >= 4 is 0 Å². The third kappa shape index (κ3) is 4.20. The van der Waals surface area contributed by atoms with Crippen LogP contribution in [0.25, 0.3) is 0 Å². The van der Waals surface area contributed by atoms with E-state index < -0.39 is 0 Å². The van der Waals surface area contributed by atoms with Crippen molar-refractivity contribution in [3.63, 3.8) is 0 Å². The molecule has 0 atom stereocenters. The number of aryl methyl sites for hydroxylation is 2. The lowest BCUT2D eigenvalue weighted by molar-refractivity contribution is 0.124.